The van der Waals surface area contributed by atoms with Gasteiger partial charge in [-0.3, -0.25) is 4.79 Å². The average molecular weight is 273 g/mol. The monoisotopic (exact) mass is 273 g/mol. The van der Waals surface area contributed by atoms with Gasteiger partial charge in [-0.25, -0.2) is 4.98 Å². The van der Waals surface area contributed by atoms with Crippen LogP contribution in [-0.2, 0) is 16.1 Å². The lowest BCUT2D eigenvalue weighted by molar-refractivity contribution is -0.135. The quantitative estimate of drug-likeness (QED) is 0.928. The highest BCUT2D eigenvalue weighted by atomic mass is 16.5. The van der Waals surface area contributed by atoms with Crippen molar-refractivity contribution in [3.05, 3.63) is 35.8 Å². The van der Waals surface area contributed by atoms with Crippen molar-refractivity contribution in [2.75, 3.05) is 6.61 Å². The Morgan fingerprint density at radius 3 is 3.15 bits per heavy atom. The molecule has 3 rings (SSSR count). The van der Waals surface area contributed by atoms with Crippen molar-refractivity contribution < 1.29 is 9.53 Å². The summed E-state index contributed by atoms with van der Waals surface area (Å²) in [6, 6.07) is 5.98. The van der Waals surface area contributed by atoms with Gasteiger partial charge < -0.3 is 14.5 Å². The first-order chi connectivity index (χ1) is 9.74. The van der Waals surface area contributed by atoms with Gasteiger partial charge in [-0.1, -0.05) is 6.07 Å². The normalized spacial score (nSPS) is 19.1. The van der Waals surface area contributed by atoms with Gasteiger partial charge in [0.05, 0.1) is 12.2 Å². The molecule has 0 aliphatic carbocycles. The molecule has 0 aromatic carbocycles. The van der Waals surface area contributed by atoms with E-state index in [9.17, 15) is 4.79 Å². The highest BCUT2D eigenvalue weighted by molar-refractivity contribution is 5.80. The summed E-state index contributed by atoms with van der Waals surface area (Å²) >= 11 is 0. The maximum atomic E-state index is 12.0. The topological polar surface area (TPSA) is 55.6 Å². The minimum atomic E-state index is -0.289. The second-order valence-corrected chi connectivity index (χ2v) is 5.20. The Labute approximate surface area is 118 Å². The van der Waals surface area contributed by atoms with Gasteiger partial charge in [-0.2, -0.15) is 0 Å². The van der Waals surface area contributed by atoms with Gasteiger partial charge in [-0.15, -0.1) is 0 Å². The number of carbonyl (C=O) groups is 1. The van der Waals surface area contributed by atoms with Crippen molar-refractivity contribution in [1.29, 1.82) is 0 Å². The number of nitrogens with zero attached hydrogens (tertiary/aromatic N) is 2. The molecular weight excluding hydrogens is 254 g/mol. The van der Waals surface area contributed by atoms with Gasteiger partial charge in [0.15, 0.2) is 0 Å². The Hall–Kier alpha value is -1.88. The zero-order valence-electron chi connectivity index (χ0n) is 11.6. The molecular formula is C15H19N3O2. The number of hydrogen-bond acceptors (Lipinski definition) is 3. The molecule has 106 valence electrons. The Morgan fingerprint density at radius 1 is 1.50 bits per heavy atom. The molecule has 0 bridgehead atoms. The van der Waals surface area contributed by atoms with Crippen LogP contribution < -0.4 is 5.32 Å². The van der Waals surface area contributed by atoms with E-state index in [-0.39, 0.29) is 12.0 Å². The molecule has 1 aliphatic heterocycles. The first kappa shape index (κ1) is 13.1. The highest BCUT2D eigenvalue weighted by Crippen LogP contribution is 2.13. The van der Waals surface area contributed by atoms with Crippen LogP contribution in [0.15, 0.2) is 24.4 Å². The number of hydrogen-bond donors (Lipinski definition) is 1. The predicted octanol–water partition coefficient (Wildman–Crippen LogP) is 1.83. The zero-order chi connectivity index (χ0) is 13.9. The number of pyridine rings is 1. The lowest BCUT2D eigenvalue weighted by Gasteiger charge is -2.21. The van der Waals surface area contributed by atoms with Crippen molar-refractivity contribution in [2.45, 2.75) is 38.8 Å². The Morgan fingerprint density at radius 2 is 2.40 bits per heavy atom. The zero-order valence-corrected chi connectivity index (χ0v) is 11.6. The fourth-order valence-corrected chi connectivity index (χ4v) is 2.52. The summed E-state index contributed by atoms with van der Waals surface area (Å²) in [6.45, 7) is 3.17. The third kappa shape index (κ3) is 2.67. The third-order valence-electron chi connectivity index (χ3n) is 3.66. The molecule has 20 heavy (non-hydrogen) atoms. The number of aromatic nitrogens is 2. The highest BCUT2D eigenvalue weighted by Gasteiger charge is 2.21. The molecule has 0 spiro atoms. The smallest absolute Gasteiger partial charge is 0.249 e. The van der Waals surface area contributed by atoms with E-state index >= 15 is 0 Å². The van der Waals surface area contributed by atoms with Crippen LogP contribution in [0.1, 0.15) is 30.7 Å². The number of carbonyl (C=O) groups excluding carboxylic acids is 1. The molecule has 0 radical (unpaired) electrons. The molecule has 1 saturated heterocycles. The second kappa shape index (κ2) is 5.63. The van der Waals surface area contributed by atoms with Crippen molar-refractivity contribution in [3.63, 3.8) is 0 Å². The van der Waals surface area contributed by atoms with E-state index in [2.05, 4.69) is 10.3 Å². The van der Waals surface area contributed by atoms with E-state index in [1.54, 1.807) is 0 Å². The lowest BCUT2D eigenvalue weighted by atomic mass is 10.1. The molecule has 1 atom stereocenters. The average Bonchev–Trinajstić information content (AvgIpc) is 2.90. The van der Waals surface area contributed by atoms with E-state index in [4.69, 9.17) is 4.74 Å². The predicted molar refractivity (Wildman–Crippen MR) is 75.4 cm³/mol. The van der Waals surface area contributed by atoms with Gasteiger partial charge >= 0.3 is 0 Å². The van der Waals surface area contributed by atoms with E-state index in [1.165, 1.54) is 0 Å². The summed E-state index contributed by atoms with van der Waals surface area (Å²) in [6.07, 6.45) is 4.60. The number of imidazole rings is 1. The van der Waals surface area contributed by atoms with Crippen LogP contribution in [0.3, 0.4) is 0 Å². The number of fused-ring (bicyclic) bond motifs is 1. The number of rotatable bonds is 3. The Kier molecular flexibility index (Phi) is 3.69. The van der Waals surface area contributed by atoms with Crippen LogP contribution in [0.5, 0.6) is 0 Å². The summed E-state index contributed by atoms with van der Waals surface area (Å²) in [5, 5.41) is 2.91. The number of ether oxygens (including phenoxy) is 1. The van der Waals surface area contributed by atoms with Gasteiger partial charge in [0, 0.05) is 18.5 Å². The van der Waals surface area contributed by atoms with Crippen molar-refractivity contribution in [2.24, 2.45) is 0 Å². The molecule has 0 saturated carbocycles. The summed E-state index contributed by atoms with van der Waals surface area (Å²) < 4.78 is 7.49. The molecule has 1 N–H and O–H groups in total. The van der Waals surface area contributed by atoms with Gasteiger partial charge in [-0.05, 0) is 38.3 Å². The molecule has 1 aliphatic rings. The van der Waals surface area contributed by atoms with Crippen LogP contribution in [-0.4, -0.2) is 28.0 Å². The first-order valence-corrected chi connectivity index (χ1v) is 7.07. The molecule has 5 nitrogen and oxygen atoms in total. The van der Waals surface area contributed by atoms with Crippen LogP contribution >= 0.6 is 0 Å². The largest absolute Gasteiger partial charge is 0.368 e. The Bertz CT molecular complexity index is 615. The summed E-state index contributed by atoms with van der Waals surface area (Å²) in [5.74, 6) is -0.0292. The standard InChI is InChI=1S/C15H19N3O2/c1-11-5-4-7-14-17-12(10-18(11)14)9-16-15(19)13-6-2-3-8-20-13/h4-5,7,10,13H,2-3,6,8-9H2,1H3,(H,16,19)/t13-/m1/s1. The van der Waals surface area contributed by atoms with Crippen molar-refractivity contribution in [3.8, 4) is 0 Å². The molecule has 2 aromatic heterocycles. The van der Waals surface area contributed by atoms with E-state index in [0.717, 1.165) is 36.3 Å². The minimum absolute atomic E-state index is 0.0292. The molecule has 2 aromatic rings. The fraction of sp³-hybridized carbons (Fsp3) is 0.467. The minimum Gasteiger partial charge on any atom is -0.368 e. The molecule has 1 fully saturated rings. The molecule has 5 heteroatoms. The van der Waals surface area contributed by atoms with Gasteiger partial charge in [0.1, 0.15) is 11.8 Å². The number of aryl methyl sites for hydroxylation is 1. The van der Waals surface area contributed by atoms with E-state index in [1.807, 2.05) is 35.7 Å². The van der Waals surface area contributed by atoms with Crippen LogP contribution in [0.25, 0.3) is 5.65 Å². The fourth-order valence-electron chi connectivity index (χ4n) is 2.52. The lowest BCUT2D eigenvalue weighted by Crippen LogP contribution is -2.38. The van der Waals surface area contributed by atoms with Crippen molar-refractivity contribution >= 4 is 11.6 Å². The van der Waals surface area contributed by atoms with Gasteiger partial charge in [0.2, 0.25) is 5.91 Å². The van der Waals surface area contributed by atoms with E-state index in [0.29, 0.717) is 13.2 Å². The maximum absolute atomic E-state index is 12.0. The Balaban J connectivity index is 1.64. The van der Waals surface area contributed by atoms with Crippen LogP contribution in [0.2, 0.25) is 0 Å². The van der Waals surface area contributed by atoms with Gasteiger partial charge in [0.25, 0.3) is 0 Å². The second-order valence-electron chi connectivity index (χ2n) is 5.20. The molecule has 3 heterocycles. The maximum Gasteiger partial charge on any atom is 0.249 e. The summed E-state index contributed by atoms with van der Waals surface area (Å²) in [4.78, 5) is 16.5. The van der Waals surface area contributed by atoms with E-state index < -0.39 is 0 Å². The number of amides is 1. The molecule has 0 unspecified atom stereocenters. The van der Waals surface area contributed by atoms with Crippen LogP contribution in [0.4, 0.5) is 0 Å². The van der Waals surface area contributed by atoms with Crippen molar-refractivity contribution in [1.82, 2.24) is 14.7 Å². The summed E-state index contributed by atoms with van der Waals surface area (Å²) in [7, 11) is 0. The third-order valence-corrected chi connectivity index (χ3v) is 3.66. The SMILES string of the molecule is Cc1cccc2nc(CNC(=O)[C@H]3CCCCO3)cn12. The van der Waals surface area contributed by atoms with Crippen LogP contribution in [0, 0.1) is 6.92 Å². The molecule has 1 amide bonds. The number of nitrogens with one attached hydrogen (secondary N) is 1. The summed E-state index contributed by atoms with van der Waals surface area (Å²) in [5.41, 5.74) is 2.90. The first-order valence-electron chi connectivity index (χ1n) is 7.07.